The van der Waals surface area contributed by atoms with Gasteiger partial charge in [-0.3, -0.25) is 4.39 Å². The van der Waals surface area contributed by atoms with Crippen LogP contribution in [0, 0.1) is 5.92 Å². The average molecular weight is 238 g/mol. The Morgan fingerprint density at radius 3 is 2.87 bits per heavy atom. The molecule has 1 saturated heterocycles. The van der Waals surface area contributed by atoms with E-state index in [0.717, 1.165) is 25.9 Å². The zero-order chi connectivity index (χ0) is 11.1. The van der Waals surface area contributed by atoms with Gasteiger partial charge in [-0.05, 0) is 38.3 Å². The fourth-order valence-corrected chi connectivity index (χ4v) is 2.76. The second-order valence-corrected chi connectivity index (χ2v) is 5.83. The lowest BCUT2D eigenvalue weighted by Crippen LogP contribution is -2.29. The molecule has 1 aliphatic rings. The Hall–Kier alpha value is -0.200. The standard InChI is InChI=1S/C9H19FN2O2S/c10-4-1-7-15(13,14)12-6-3-9-2-5-11-8-9/h9,11-12H,1-8H2. The largest absolute Gasteiger partial charge is 0.316 e. The fraction of sp³-hybridized carbons (Fsp3) is 1.00. The predicted octanol–water partition coefficient (Wildman–Crippen LogP) is 0.265. The molecule has 6 heteroatoms. The molecule has 0 radical (unpaired) electrons. The smallest absolute Gasteiger partial charge is 0.211 e. The summed E-state index contributed by atoms with van der Waals surface area (Å²) < 4.78 is 36.8. The number of halogens is 1. The topological polar surface area (TPSA) is 58.2 Å². The number of nitrogens with one attached hydrogen (secondary N) is 2. The average Bonchev–Trinajstić information content (AvgIpc) is 2.67. The first-order chi connectivity index (χ1) is 7.14. The Morgan fingerprint density at radius 2 is 2.27 bits per heavy atom. The number of rotatable bonds is 7. The van der Waals surface area contributed by atoms with Gasteiger partial charge in [0.15, 0.2) is 0 Å². The summed E-state index contributed by atoms with van der Waals surface area (Å²) in [6.45, 7) is 1.90. The fourth-order valence-electron chi connectivity index (χ4n) is 1.70. The first kappa shape index (κ1) is 12.9. The zero-order valence-corrected chi connectivity index (χ0v) is 9.65. The van der Waals surface area contributed by atoms with Gasteiger partial charge in [0.1, 0.15) is 0 Å². The van der Waals surface area contributed by atoms with Crippen LogP contribution >= 0.6 is 0 Å². The molecule has 0 amide bonds. The van der Waals surface area contributed by atoms with Gasteiger partial charge >= 0.3 is 0 Å². The van der Waals surface area contributed by atoms with Crippen molar-refractivity contribution in [3.63, 3.8) is 0 Å². The summed E-state index contributed by atoms with van der Waals surface area (Å²) in [5.74, 6) is 0.473. The van der Waals surface area contributed by atoms with Crippen LogP contribution in [0.3, 0.4) is 0 Å². The summed E-state index contributed by atoms with van der Waals surface area (Å²) in [4.78, 5) is 0. The van der Waals surface area contributed by atoms with E-state index in [9.17, 15) is 12.8 Å². The minimum Gasteiger partial charge on any atom is -0.316 e. The van der Waals surface area contributed by atoms with Crippen molar-refractivity contribution < 1.29 is 12.8 Å². The summed E-state index contributed by atoms with van der Waals surface area (Å²) >= 11 is 0. The van der Waals surface area contributed by atoms with E-state index in [1.54, 1.807) is 0 Å². The van der Waals surface area contributed by atoms with Gasteiger partial charge in [-0.15, -0.1) is 0 Å². The van der Waals surface area contributed by atoms with Crippen LogP contribution in [0.1, 0.15) is 19.3 Å². The van der Waals surface area contributed by atoms with Gasteiger partial charge in [-0.2, -0.15) is 0 Å². The molecule has 1 rings (SSSR count). The van der Waals surface area contributed by atoms with E-state index in [0.29, 0.717) is 12.5 Å². The molecule has 1 unspecified atom stereocenters. The molecule has 4 nitrogen and oxygen atoms in total. The van der Waals surface area contributed by atoms with E-state index in [2.05, 4.69) is 10.0 Å². The maximum Gasteiger partial charge on any atom is 0.211 e. The van der Waals surface area contributed by atoms with Crippen LogP contribution in [0.15, 0.2) is 0 Å². The molecule has 1 heterocycles. The van der Waals surface area contributed by atoms with Crippen molar-refractivity contribution >= 4 is 10.0 Å². The third-order valence-corrected chi connectivity index (χ3v) is 4.05. The van der Waals surface area contributed by atoms with Crippen LogP contribution in [-0.4, -0.2) is 40.5 Å². The molecule has 0 aromatic heterocycles. The SMILES string of the molecule is O=S(=O)(CCCF)NCCC1CCNC1. The highest BCUT2D eigenvalue weighted by Crippen LogP contribution is 2.10. The van der Waals surface area contributed by atoms with Gasteiger partial charge < -0.3 is 5.32 Å². The minimum atomic E-state index is -3.25. The molecule has 1 aliphatic heterocycles. The van der Waals surface area contributed by atoms with E-state index < -0.39 is 16.7 Å². The Morgan fingerprint density at radius 1 is 1.47 bits per heavy atom. The molecule has 1 atom stereocenters. The summed E-state index contributed by atoms with van der Waals surface area (Å²) in [5, 5.41) is 3.23. The highest BCUT2D eigenvalue weighted by molar-refractivity contribution is 7.89. The molecule has 0 aliphatic carbocycles. The predicted molar refractivity (Wildman–Crippen MR) is 58.0 cm³/mol. The first-order valence-electron chi connectivity index (χ1n) is 5.38. The van der Waals surface area contributed by atoms with Crippen LogP contribution in [0.25, 0.3) is 0 Å². The lowest BCUT2D eigenvalue weighted by atomic mass is 10.1. The quantitative estimate of drug-likeness (QED) is 0.669. The van der Waals surface area contributed by atoms with Crippen LogP contribution in [0.5, 0.6) is 0 Å². The van der Waals surface area contributed by atoms with Crippen molar-refractivity contribution in [2.24, 2.45) is 5.92 Å². The van der Waals surface area contributed by atoms with Crippen LogP contribution in [0.4, 0.5) is 4.39 Å². The molecule has 0 aromatic carbocycles. The highest BCUT2D eigenvalue weighted by atomic mass is 32.2. The van der Waals surface area contributed by atoms with Crippen LogP contribution < -0.4 is 10.0 Å². The number of hydrogen-bond donors (Lipinski definition) is 2. The van der Waals surface area contributed by atoms with Crippen molar-refractivity contribution in [3.8, 4) is 0 Å². The zero-order valence-electron chi connectivity index (χ0n) is 8.84. The number of hydrogen-bond acceptors (Lipinski definition) is 3. The molecular weight excluding hydrogens is 219 g/mol. The number of sulfonamides is 1. The van der Waals surface area contributed by atoms with Crippen molar-refractivity contribution in [1.29, 1.82) is 0 Å². The van der Waals surface area contributed by atoms with E-state index in [1.807, 2.05) is 0 Å². The van der Waals surface area contributed by atoms with Gasteiger partial charge in [0, 0.05) is 6.54 Å². The van der Waals surface area contributed by atoms with Gasteiger partial charge in [0.2, 0.25) is 10.0 Å². The molecule has 0 spiro atoms. The normalized spacial score (nSPS) is 22.1. The van der Waals surface area contributed by atoms with E-state index >= 15 is 0 Å². The van der Waals surface area contributed by atoms with Gasteiger partial charge in [0.05, 0.1) is 12.4 Å². The Bertz CT molecular complexity index is 263. The molecule has 15 heavy (non-hydrogen) atoms. The molecule has 0 saturated carbocycles. The van der Waals surface area contributed by atoms with Crippen molar-refractivity contribution in [1.82, 2.24) is 10.0 Å². The van der Waals surface area contributed by atoms with Crippen molar-refractivity contribution in [2.75, 3.05) is 32.1 Å². The second kappa shape index (κ2) is 6.40. The summed E-state index contributed by atoms with van der Waals surface area (Å²) in [6, 6.07) is 0. The van der Waals surface area contributed by atoms with Gasteiger partial charge in [0.25, 0.3) is 0 Å². The van der Waals surface area contributed by atoms with E-state index in [1.165, 1.54) is 0 Å². The maximum absolute atomic E-state index is 11.8. The third-order valence-electron chi connectivity index (χ3n) is 2.58. The summed E-state index contributed by atoms with van der Waals surface area (Å²) in [6.07, 6.45) is 2.06. The van der Waals surface area contributed by atoms with Crippen molar-refractivity contribution in [2.45, 2.75) is 19.3 Å². The lowest BCUT2D eigenvalue weighted by Gasteiger charge is -2.09. The van der Waals surface area contributed by atoms with Crippen molar-refractivity contribution in [3.05, 3.63) is 0 Å². The number of alkyl halides is 1. The first-order valence-corrected chi connectivity index (χ1v) is 7.03. The second-order valence-electron chi connectivity index (χ2n) is 3.90. The van der Waals surface area contributed by atoms with Crippen LogP contribution in [-0.2, 0) is 10.0 Å². The third kappa shape index (κ3) is 5.44. The Balaban J connectivity index is 2.12. The lowest BCUT2D eigenvalue weighted by molar-refractivity contribution is 0.481. The molecule has 2 N–H and O–H groups in total. The maximum atomic E-state index is 11.8. The minimum absolute atomic E-state index is 0.0836. The molecular formula is C9H19FN2O2S. The van der Waals surface area contributed by atoms with E-state index in [4.69, 9.17) is 0 Å². The molecule has 0 aromatic rings. The Labute approximate surface area is 90.7 Å². The highest BCUT2D eigenvalue weighted by Gasteiger charge is 2.15. The van der Waals surface area contributed by atoms with Crippen LogP contribution in [0.2, 0.25) is 0 Å². The monoisotopic (exact) mass is 238 g/mol. The summed E-state index contributed by atoms with van der Waals surface area (Å²) in [5.41, 5.74) is 0. The molecule has 90 valence electrons. The van der Waals surface area contributed by atoms with Gasteiger partial charge in [-0.1, -0.05) is 0 Å². The summed E-state index contributed by atoms with van der Waals surface area (Å²) in [7, 11) is -3.25. The molecule has 0 bridgehead atoms. The Kier molecular flexibility index (Phi) is 5.49. The van der Waals surface area contributed by atoms with E-state index in [-0.39, 0.29) is 12.2 Å². The molecule has 1 fully saturated rings. The van der Waals surface area contributed by atoms with Gasteiger partial charge in [-0.25, -0.2) is 13.1 Å².